The first-order valence-corrected chi connectivity index (χ1v) is 7.01. The Hall–Kier alpha value is -2.04. The first-order valence-electron chi connectivity index (χ1n) is 7.01. The van der Waals surface area contributed by atoms with Crippen LogP contribution in [0.1, 0.15) is 31.4 Å². The predicted octanol–water partition coefficient (Wildman–Crippen LogP) is 1.99. The van der Waals surface area contributed by atoms with Gasteiger partial charge in [-0.1, -0.05) is 12.8 Å². The molecule has 0 saturated carbocycles. The molecule has 1 fully saturated rings. The summed E-state index contributed by atoms with van der Waals surface area (Å²) in [6, 6.07) is 3.62. The van der Waals surface area contributed by atoms with Crippen LogP contribution in [-0.4, -0.2) is 39.5 Å². The molecule has 1 amide bonds. The van der Waals surface area contributed by atoms with E-state index in [2.05, 4.69) is 0 Å². The van der Waals surface area contributed by atoms with E-state index in [1.165, 1.54) is 18.9 Å². The van der Waals surface area contributed by atoms with Crippen LogP contribution < -0.4 is 0 Å². The van der Waals surface area contributed by atoms with Gasteiger partial charge in [-0.2, -0.15) is 0 Å². The van der Waals surface area contributed by atoms with E-state index in [9.17, 15) is 9.59 Å². The van der Waals surface area contributed by atoms with Crippen LogP contribution in [0.15, 0.2) is 24.4 Å². The molecule has 0 bridgehead atoms. The summed E-state index contributed by atoms with van der Waals surface area (Å²) < 4.78 is 1.78. The van der Waals surface area contributed by atoms with Gasteiger partial charge < -0.3 is 14.6 Å². The van der Waals surface area contributed by atoms with E-state index >= 15 is 0 Å². The first-order chi connectivity index (χ1) is 9.66. The van der Waals surface area contributed by atoms with E-state index in [-0.39, 0.29) is 12.5 Å². The molecule has 1 saturated heterocycles. The zero-order valence-electron chi connectivity index (χ0n) is 11.5. The number of hydrogen-bond acceptors (Lipinski definition) is 2. The molecule has 1 N–H and O–H groups in total. The largest absolute Gasteiger partial charge is 0.478 e. The van der Waals surface area contributed by atoms with Gasteiger partial charge in [0.15, 0.2) is 0 Å². The highest BCUT2D eigenvalue weighted by Gasteiger charge is 2.16. The van der Waals surface area contributed by atoms with Gasteiger partial charge in [0, 0.05) is 31.1 Å². The third-order valence-electron chi connectivity index (χ3n) is 3.53. The number of carbonyl (C=O) groups excluding carboxylic acids is 1. The SMILES string of the molecule is O=C(O)/C=C/c1cccn1CC(=O)N1CCCCCC1. The third-order valence-corrected chi connectivity index (χ3v) is 3.53. The molecule has 5 nitrogen and oxygen atoms in total. The van der Waals surface area contributed by atoms with Crippen molar-refractivity contribution in [3.8, 4) is 0 Å². The molecule has 0 spiro atoms. The number of hydrogen-bond donors (Lipinski definition) is 1. The molecule has 20 heavy (non-hydrogen) atoms. The van der Waals surface area contributed by atoms with Gasteiger partial charge in [-0.25, -0.2) is 4.79 Å². The maximum absolute atomic E-state index is 12.3. The van der Waals surface area contributed by atoms with E-state index in [0.717, 1.165) is 37.7 Å². The summed E-state index contributed by atoms with van der Waals surface area (Å²) in [4.78, 5) is 24.7. The molecule has 0 atom stereocenters. The van der Waals surface area contributed by atoms with Crippen molar-refractivity contribution in [2.45, 2.75) is 32.2 Å². The zero-order chi connectivity index (χ0) is 14.4. The average Bonchev–Trinajstić information content (AvgIpc) is 2.68. The summed E-state index contributed by atoms with van der Waals surface area (Å²) in [6.45, 7) is 1.94. The number of carboxylic acid groups (broad SMARTS) is 1. The molecule has 5 heteroatoms. The molecule has 2 heterocycles. The van der Waals surface area contributed by atoms with E-state index in [1.54, 1.807) is 16.8 Å². The molecule has 0 aliphatic carbocycles. The molecule has 0 unspecified atom stereocenters. The first kappa shape index (κ1) is 14.4. The Kier molecular flexibility index (Phi) is 4.98. The minimum atomic E-state index is -0.989. The van der Waals surface area contributed by atoms with Crippen LogP contribution in [0.5, 0.6) is 0 Å². The minimum Gasteiger partial charge on any atom is -0.478 e. The molecule has 1 aromatic heterocycles. The van der Waals surface area contributed by atoms with Crippen molar-refractivity contribution in [3.05, 3.63) is 30.1 Å². The summed E-state index contributed by atoms with van der Waals surface area (Å²) in [5, 5.41) is 8.65. The lowest BCUT2D eigenvalue weighted by Gasteiger charge is -2.21. The van der Waals surface area contributed by atoms with Gasteiger partial charge in [0.25, 0.3) is 0 Å². The van der Waals surface area contributed by atoms with Gasteiger partial charge in [-0.05, 0) is 31.1 Å². The Bertz CT molecular complexity index is 497. The Balaban J connectivity index is 2.00. The van der Waals surface area contributed by atoms with E-state index in [1.807, 2.05) is 11.0 Å². The second-order valence-corrected chi connectivity index (χ2v) is 5.03. The topological polar surface area (TPSA) is 62.5 Å². The number of likely N-dealkylation sites (tertiary alicyclic amines) is 1. The van der Waals surface area contributed by atoms with Gasteiger partial charge in [-0.3, -0.25) is 4.79 Å². The van der Waals surface area contributed by atoms with Crippen LogP contribution in [0.25, 0.3) is 6.08 Å². The predicted molar refractivity (Wildman–Crippen MR) is 76.1 cm³/mol. The molecule has 0 radical (unpaired) electrons. The smallest absolute Gasteiger partial charge is 0.328 e. The Morgan fingerprint density at radius 1 is 1.20 bits per heavy atom. The summed E-state index contributed by atoms with van der Waals surface area (Å²) in [5.74, 6) is -0.885. The van der Waals surface area contributed by atoms with Crippen LogP contribution in [0.2, 0.25) is 0 Å². The Morgan fingerprint density at radius 2 is 1.90 bits per heavy atom. The normalized spacial score (nSPS) is 16.3. The number of nitrogens with zero attached hydrogens (tertiary/aromatic N) is 2. The second-order valence-electron chi connectivity index (χ2n) is 5.03. The minimum absolute atomic E-state index is 0.105. The third kappa shape index (κ3) is 3.98. The van der Waals surface area contributed by atoms with Crippen molar-refractivity contribution < 1.29 is 14.7 Å². The van der Waals surface area contributed by atoms with Crippen LogP contribution in [0.4, 0.5) is 0 Å². The van der Waals surface area contributed by atoms with E-state index < -0.39 is 5.97 Å². The van der Waals surface area contributed by atoms with Crippen molar-refractivity contribution in [1.82, 2.24) is 9.47 Å². The quantitative estimate of drug-likeness (QED) is 0.855. The van der Waals surface area contributed by atoms with Crippen molar-refractivity contribution >= 4 is 18.0 Å². The molecular formula is C15H20N2O3. The lowest BCUT2D eigenvalue weighted by molar-refractivity contribution is -0.132. The highest BCUT2D eigenvalue weighted by atomic mass is 16.4. The van der Waals surface area contributed by atoms with Gasteiger partial charge in [0.2, 0.25) is 5.91 Å². The van der Waals surface area contributed by atoms with Gasteiger partial charge in [0.05, 0.1) is 0 Å². The monoisotopic (exact) mass is 276 g/mol. The fourth-order valence-electron chi connectivity index (χ4n) is 2.45. The Labute approximate surface area is 118 Å². The summed E-state index contributed by atoms with van der Waals surface area (Å²) in [7, 11) is 0. The van der Waals surface area contributed by atoms with Gasteiger partial charge in [-0.15, -0.1) is 0 Å². The number of carbonyl (C=O) groups is 2. The number of aromatic nitrogens is 1. The van der Waals surface area contributed by atoms with E-state index in [0.29, 0.717) is 0 Å². The van der Waals surface area contributed by atoms with Crippen molar-refractivity contribution in [3.63, 3.8) is 0 Å². The molecule has 108 valence electrons. The highest BCUT2D eigenvalue weighted by molar-refractivity contribution is 5.85. The standard InChI is InChI=1S/C15H20N2O3/c18-14(16-9-3-1-2-4-10-16)12-17-11-5-6-13(17)7-8-15(19)20/h5-8,11H,1-4,9-10,12H2,(H,19,20)/b8-7+. The maximum Gasteiger partial charge on any atom is 0.328 e. The van der Waals surface area contributed by atoms with E-state index in [4.69, 9.17) is 5.11 Å². The Morgan fingerprint density at radius 3 is 2.55 bits per heavy atom. The molecule has 2 rings (SSSR count). The fraction of sp³-hybridized carbons (Fsp3) is 0.467. The van der Waals surface area contributed by atoms with Crippen LogP contribution >= 0.6 is 0 Å². The van der Waals surface area contributed by atoms with Gasteiger partial charge >= 0.3 is 5.97 Å². The van der Waals surface area contributed by atoms with Crippen molar-refractivity contribution in [2.75, 3.05) is 13.1 Å². The highest BCUT2D eigenvalue weighted by Crippen LogP contribution is 2.11. The number of rotatable bonds is 4. The van der Waals surface area contributed by atoms with Crippen LogP contribution in [0.3, 0.4) is 0 Å². The lowest BCUT2D eigenvalue weighted by atomic mass is 10.2. The fourth-order valence-corrected chi connectivity index (χ4v) is 2.45. The summed E-state index contributed by atoms with van der Waals surface area (Å²) in [5.41, 5.74) is 0.732. The summed E-state index contributed by atoms with van der Waals surface area (Å²) in [6.07, 6.45) is 8.93. The average molecular weight is 276 g/mol. The second kappa shape index (κ2) is 6.93. The molecule has 1 aliphatic rings. The number of carboxylic acids is 1. The molecular weight excluding hydrogens is 256 g/mol. The summed E-state index contributed by atoms with van der Waals surface area (Å²) >= 11 is 0. The maximum atomic E-state index is 12.3. The van der Waals surface area contributed by atoms with Crippen molar-refractivity contribution in [2.24, 2.45) is 0 Å². The molecule has 1 aliphatic heterocycles. The van der Waals surface area contributed by atoms with Crippen LogP contribution in [-0.2, 0) is 16.1 Å². The molecule has 1 aromatic rings. The van der Waals surface area contributed by atoms with Crippen molar-refractivity contribution in [1.29, 1.82) is 0 Å². The molecule has 0 aromatic carbocycles. The van der Waals surface area contributed by atoms with Gasteiger partial charge in [0.1, 0.15) is 6.54 Å². The zero-order valence-corrected chi connectivity index (χ0v) is 11.5. The number of amides is 1. The number of aliphatic carboxylic acids is 1. The van der Waals surface area contributed by atoms with Crippen LogP contribution in [0, 0.1) is 0 Å². The lowest BCUT2D eigenvalue weighted by Crippen LogP contribution is -2.34.